The van der Waals surface area contributed by atoms with E-state index in [2.05, 4.69) is 26.6 Å². The van der Waals surface area contributed by atoms with Crippen LogP contribution in [0.25, 0.3) is 0 Å². The number of halogens is 1. The fraction of sp³-hybridized carbons (Fsp3) is 0.235. The van der Waals surface area contributed by atoms with E-state index in [4.69, 9.17) is 0 Å². The third-order valence-corrected chi connectivity index (χ3v) is 4.03. The Labute approximate surface area is 148 Å². The Hall–Kier alpha value is -2.41. The van der Waals surface area contributed by atoms with Crippen LogP contribution in [0.1, 0.15) is 29.3 Å². The summed E-state index contributed by atoms with van der Waals surface area (Å²) in [7, 11) is 0. The lowest BCUT2D eigenvalue weighted by Gasteiger charge is -2.10. The average Bonchev–Trinajstić information content (AvgIpc) is 2.58. The molecule has 0 radical (unpaired) electrons. The van der Waals surface area contributed by atoms with E-state index in [1.807, 2.05) is 25.1 Å². The molecule has 0 saturated carbocycles. The molecule has 0 aliphatic heterocycles. The van der Waals surface area contributed by atoms with Crippen LogP contribution in [0.15, 0.2) is 46.9 Å². The van der Waals surface area contributed by atoms with Crippen LogP contribution in [0, 0.1) is 10.1 Å². The summed E-state index contributed by atoms with van der Waals surface area (Å²) in [5, 5.41) is 16.8. The van der Waals surface area contributed by atoms with Crippen molar-refractivity contribution in [3.05, 3.63) is 68.2 Å². The van der Waals surface area contributed by atoms with Crippen molar-refractivity contribution in [2.75, 3.05) is 11.9 Å². The summed E-state index contributed by atoms with van der Waals surface area (Å²) < 4.78 is 0.619. The van der Waals surface area contributed by atoms with Gasteiger partial charge in [-0.1, -0.05) is 19.1 Å². The molecular weight excluding hydrogens is 374 g/mol. The summed E-state index contributed by atoms with van der Waals surface area (Å²) in [5.41, 5.74) is 2.35. The summed E-state index contributed by atoms with van der Waals surface area (Å²) in [5.74, 6) is -0.0878. The minimum atomic E-state index is -0.438. The van der Waals surface area contributed by atoms with Gasteiger partial charge in [-0.05, 0) is 46.1 Å². The summed E-state index contributed by atoms with van der Waals surface area (Å²) in [4.78, 5) is 22.3. The SMILES string of the molecule is CCCNC(=O)c1cccc(CNc2ccc([N+](=O)[O-])cc2Br)c1. The minimum Gasteiger partial charge on any atom is -0.380 e. The molecule has 0 aliphatic rings. The van der Waals surface area contributed by atoms with Gasteiger partial charge in [-0.2, -0.15) is 0 Å². The topological polar surface area (TPSA) is 84.3 Å². The van der Waals surface area contributed by atoms with Crippen LogP contribution in [0.5, 0.6) is 0 Å². The highest BCUT2D eigenvalue weighted by Gasteiger charge is 2.09. The van der Waals surface area contributed by atoms with Crippen LogP contribution < -0.4 is 10.6 Å². The first-order valence-electron chi connectivity index (χ1n) is 7.56. The van der Waals surface area contributed by atoms with Gasteiger partial charge in [0.1, 0.15) is 0 Å². The molecule has 0 aliphatic carbocycles. The molecule has 0 aromatic heterocycles. The third kappa shape index (κ3) is 4.79. The second-order valence-electron chi connectivity index (χ2n) is 5.23. The first kappa shape index (κ1) is 17.9. The number of nitrogens with one attached hydrogen (secondary N) is 2. The van der Waals surface area contributed by atoms with Crippen molar-refractivity contribution in [3.8, 4) is 0 Å². The van der Waals surface area contributed by atoms with Gasteiger partial charge in [0.15, 0.2) is 0 Å². The Kier molecular flexibility index (Phi) is 6.31. The van der Waals surface area contributed by atoms with Crippen molar-refractivity contribution >= 4 is 33.2 Å². The summed E-state index contributed by atoms with van der Waals surface area (Å²) >= 11 is 3.32. The maximum absolute atomic E-state index is 12.0. The van der Waals surface area contributed by atoms with Gasteiger partial charge in [-0.15, -0.1) is 0 Å². The van der Waals surface area contributed by atoms with E-state index >= 15 is 0 Å². The lowest BCUT2D eigenvalue weighted by Crippen LogP contribution is -2.24. The molecule has 7 heteroatoms. The van der Waals surface area contributed by atoms with Gasteiger partial charge in [0.05, 0.1) is 4.92 Å². The van der Waals surface area contributed by atoms with E-state index in [0.29, 0.717) is 23.1 Å². The number of nitro groups is 1. The average molecular weight is 392 g/mol. The number of rotatable bonds is 7. The normalized spacial score (nSPS) is 10.2. The van der Waals surface area contributed by atoms with Gasteiger partial charge in [0, 0.05) is 40.9 Å². The number of non-ortho nitro benzene ring substituents is 1. The first-order chi connectivity index (χ1) is 11.5. The molecule has 0 heterocycles. The number of hydrogen-bond acceptors (Lipinski definition) is 4. The molecule has 24 heavy (non-hydrogen) atoms. The smallest absolute Gasteiger partial charge is 0.270 e. The molecule has 126 valence electrons. The van der Waals surface area contributed by atoms with Crippen LogP contribution in [0.2, 0.25) is 0 Å². The summed E-state index contributed by atoms with van der Waals surface area (Å²) in [6.07, 6.45) is 0.890. The van der Waals surface area contributed by atoms with Crippen LogP contribution in [-0.2, 0) is 6.54 Å². The lowest BCUT2D eigenvalue weighted by molar-refractivity contribution is -0.384. The van der Waals surface area contributed by atoms with E-state index in [9.17, 15) is 14.9 Å². The first-order valence-corrected chi connectivity index (χ1v) is 8.35. The quantitative estimate of drug-likeness (QED) is 0.549. The highest BCUT2D eigenvalue weighted by molar-refractivity contribution is 9.10. The maximum Gasteiger partial charge on any atom is 0.270 e. The Bertz CT molecular complexity index is 750. The van der Waals surface area contributed by atoms with Gasteiger partial charge in [-0.25, -0.2) is 0 Å². The van der Waals surface area contributed by atoms with Crippen molar-refractivity contribution in [1.82, 2.24) is 5.32 Å². The van der Waals surface area contributed by atoms with E-state index in [1.165, 1.54) is 12.1 Å². The predicted octanol–water partition coefficient (Wildman–Crippen LogP) is 4.11. The Morgan fingerprint density at radius 1 is 1.25 bits per heavy atom. The molecule has 0 atom stereocenters. The number of hydrogen-bond donors (Lipinski definition) is 2. The molecule has 2 rings (SSSR count). The van der Waals surface area contributed by atoms with E-state index < -0.39 is 4.92 Å². The number of nitrogens with zero attached hydrogens (tertiary/aromatic N) is 1. The second kappa shape index (κ2) is 8.44. The molecule has 6 nitrogen and oxygen atoms in total. The van der Waals surface area contributed by atoms with Gasteiger partial charge < -0.3 is 10.6 Å². The molecule has 2 aromatic carbocycles. The number of anilines is 1. The standard InChI is InChI=1S/C17H18BrN3O3/c1-2-8-19-17(22)13-5-3-4-12(9-13)11-20-16-7-6-14(21(23)24)10-15(16)18/h3-7,9-10,20H,2,8,11H2,1H3,(H,19,22). The molecule has 0 unspecified atom stereocenters. The van der Waals surface area contributed by atoms with Gasteiger partial charge in [0.25, 0.3) is 11.6 Å². The fourth-order valence-corrected chi connectivity index (χ4v) is 2.63. The summed E-state index contributed by atoms with van der Waals surface area (Å²) in [6, 6.07) is 11.9. The van der Waals surface area contributed by atoms with Crippen molar-refractivity contribution < 1.29 is 9.72 Å². The van der Waals surface area contributed by atoms with Crippen LogP contribution >= 0.6 is 15.9 Å². The second-order valence-corrected chi connectivity index (χ2v) is 6.09. The van der Waals surface area contributed by atoms with Gasteiger partial charge in [0.2, 0.25) is 0 Å². The van der Waals surface area contributed by atoms with E-state index in [-0.39, 0.29) is 11.6 Å². The third-order valence-electron chi connectivity index (χ3n) is 3.37. The minimum absolute atomic E-state index is 0.0296. The van der Waals surface area contributed by atoms with Crippen molar-refractivity contribution in [3.63, 3.8) is 0 Å². The van der Waals surface area contributed by atoms with Crippen LogP contribution in [0.4, 0.5) is 11.4 Å². The number of carbonyl (C=O) groups excluding carboxylic acids is 1. The van der Waals surface area contributed by atoms with Crippen LogP contribution in [-0.4, -0.2) is 17.4 Å². The highest BCUT2D eigenvalue weighted by atomic mass is 79.9. The zero-order valence-corrected chi connectivity index (χ0v) is 14.8. The number of nitro benzene ring substituents is 1. The van der Waals surface area contributed by atoms with E-state index in [1.54, 1.807) is 12.1 Å². The lowest BCUT2D eigenvalue weighted by atomic mass is 10.1. The summed E-state index contributed by atoms with van der Waals surface area (Å²) in [6.45, 7) is 3.16. The largest absolute Gasteiger partial charge is 0.380 e. The Morgan fingerprint density at radius 3 is 2.71 bits per heavy atom. The Balaban J connectivity index is 2.04. The molecule has 0 bridgehead atoms. The van der Waals surface area contributed by atoms with Crippen molar-refractivity contribution in [1.29, 1.82) is 0 Å². The Morgan fingerprint density at radius 2 is 2.04 bits per heavy atom. The van der Waals surface area contributed by atoms with Gasteiger partial charge >= 0.3 is 0 Å². The molecule has 1 amide bonds. The zero-order valence-electron chi connectivity index (χ0n) is 13.2. The zero-order chi connectivity index (χ0) is 17.5. The number of benzene rings is 2. The highest BCUT2D eigenvalue weighted by Crippen LogP contribution is 2.27. The molecule has 2 N–H and O–H groups in total. The van der Waals surface area contributed by atoms with Gasteiger partial charge in [-0.3, -0.25) is 14.9 Å². The maximum atomic E-state index is 12.0. The predicted molar refractivity (Wildman–Crippen MR) is 97.2 cm³/mol. The van der Waals surface area contributed by atoms with Crippen LogP contribution in [0.3, 0.4) is 0 Å². The number of amides is 1. The molecule has 0 fully saturated rings. The van der Waals surface area contributed by atoms with Crippen molar-refractivity contribution in [2.45, 2.75) is 19.9 Å². The van der Waals surface area contributed by atoms with E-state index in [0.717, 1.165) is 17.7 Å². The molecule has 0 saturated heterocycles. The molecule has 0 spiro atoms. The fourth-order valence-electron chi connectivity index (χ4n) is 2.12. The number of carbonyl (C=O) groups is 1. The van der Waals surface area contributed by atoms with Crippen molar-refractivity contribution in [2.24, 2.45) is 0 Å². The molecule has 2 aromatic rings. The monoisotopic (exact) mass is 391 g/mol. The molecular formula is C17H18BrN3O3.